The van der Waals surface area contributed by atoms with Crippen LogP contribution < -0.4 is 10.9 Å². The Bertz CT molecular complexity index is 1220. The van der Waals surface area contributed by atoms with Crippen molar-refractivity contribution < 1.29 is 14.3 Å². The van der Waals surface area contributed by atoms with E-state index in [2.05, 4.69) is 10.3 Å². The predicted octanol–water partition coefficient (Wildman–Crippen LogP) is 4.76. The molecule has 3 aromatic rings. The molecule has 2 aromatic heterocycles. The number of nitrogens with zero attached hydrogens (tertiary/aromatic N) is 2. The molecule has 168 valence electrons. The second kappa shape index (κ2) is 9.24. The van der Waals surface area contributed by atoms with E-state index in [1.165, 1.54) is 28.7 Å². The molecule has 0 saturated heterocycles. The maximum Gasteiger partial charge on any atom is 0.329 e. The van der Waals surface area contributed by atoms with Gasteiger partial charge in [-0.1, -0.05) is 24.6 Å². The average molecular weight is 454 g/mol. The highest BCUT2D eigenvalue weighted by Gasteiger charge is 2.26. The number of carbonyl (C=O) groups excluding carboxylic acids is 2. The van der Waals surface area contributed by atoms with Crippen LogP contribution in [0.2, 0.25) is 0 Å². The largest absolute Gasteiger partial charge is 0.461 e. The van der Waals surface area contributed by atoms with E-state index in [0.717, 1.165) is 36.9 Å². The van der Waals surface area contributed by atoms with Gasteiger partial charge in [0.05, 0.1) is 16.6 Å². The fourth-order valence-corrected chi connectivity index (χ4v) is 5.12. The zero-order valence-corrected chi connectivity index (χ0v) is 19.3. The van der Waals surface area contributed by atoms with Crippen molar-refractivity contribution in [3.05, 3.63) is 57.0 Å². The summed E-state index contributed by atoms with van der Waals surface area (Å²) in [5, 5.41) is 3.28. The van der Waals surface area contributed by atoms with Crippen molar-refractivity contribution in [3.63, 3.8) is 0 Å². The molecule has 32 heavy (non-hydrogen) atoms. The maximum absolute atomic E-state index is 13.2. The summed E-state index contributed by atoms with van der Waals surface area (Å²) in [5.41, 5.74) is 1.90. The molecule has 1 aliphatic rings. The molecule has 1 amide bonds. The maximum atomic E-state index is 13.2. The first-order chi connectivity index (χ1) is 15.4. The summed E-state index contributed by atoms with van der Waals surface area (Å²) < 4.78 is 6.94. The minimum absolute atomic E-state index is 0.0780. The van der Waals surface area contributed by atoms with Gasteiger partial charge in [-0.05, 0) is 63.6 Å². The number of carbonyl (C=O) groups is 2. The van der Waals surface area contributed by atoms with E-state index in [-0.39, 0.29) is 17.6 Å². The summed E-state index contributed by atoms with van der Waals surface area (Å²) in [5.74, 6) is -0.707. The van der Waals surface area contributed by atoms with Crippen LogP contribution in [-0.4, -0.2) is 27.5 Å². The van der Waals surface area contributed by atoms with Crippen molar-refractivity contribution in [2.45, 2.75) is 65.0 Å². The van der Waals surface area contributed by atoms with Gasteiger partial charge in [0.1, 0.15) is 17.0 Å². The summed E-state index contributed by atoms with van der Waals surface area (Å²) in [6.07, 6.45) is 6.31. The number of benzene rings is 1. The Hall–Kier alpha value is -3.00. The normalized spacial score (nSPS) is 15.5. The van der Waals surface area contributed by atoms with E-state index < -0.39 is 12.0 Å². The van der Waals surface area contributed by atoms with Crippen LogP contribution in [0.5, 0.6) is 0 Å². The van der Waals surface area contributed by atoms with E-state index in [0.29, 0.717) is 20.7 Å². The average Bonchev–Trinajstić information content (AvgIpc) is 3.13. The number of hydrogen-bond acceptors (Lipinski definition) is 6. The van der Waals surface area contributed by atoms with Crippen LogP contribution in [0.4, 0.5) is 5.69 Å². The minimum Gasteiger partial charge on any atom is -0.461 e. The SMILES string of the molecule is Cc1ccccc1NC(=O)c1sc2ncn(C(C)C(=O)OC3CCCCC3)c(=O)c2c1C. The van der Waals surface area contributed by atoms with E-state index in [1.807, 2.05) is 31.2 Å². The van der Waals surface area contributed by atoms with Gasteiger partial charge < -0.3 is 10.1 Å². The number of hydrogen-bond donors (Lipinski definition) is 1. The molecule has 1 fully saturated rings. The Labute approximate surface area is 190 Å². The Morgan fingerprint density at radius 3 is 2.62 bits per heavy atom. The molecule has 1 unspecified atom stereocenters. The molecule has 1 N–H and O–H groups in total. The number of rotatable bonds is 5. The standard InChI is InChI=1S/C24H27N3O4S/c1-14-9-7-8-12-18(14)26-21(28)20-15(2)19-22(32-20)25-13-27(23(19)29)16(3)24(30)31-17-10-5-4-6-11-17/h7-9,12-13,16-17H,4-6,10-11H2,1-3H3,(H,26,28). The van der Waals surface area contributed by atoms with Gasteiger partial charge in [-0.2, -0.15) is 0 Å². The van der Waals surface area contributed by atoms with Gasteiger partial charge in [-0.15, -0.1) is 11.3 Å². The number of fused-ring (bicyclic) bond motifs is 1. The van der Waals surface area contributed by atoms with Gasteiger partial charge in [-0.25, -0.2) is 9.78 Å². The lowest BCUT2D eigenvalue weighted by Crippen LogP contribution is -2.32. The van der Waals surface area contributed by atoms with E-state index in [9.17, 15) is 14.4 Å². The number of esters is 1. The number of ether oxygens (including phenoxy) is 1. The summed E-state index contributed by atoms with van der Waals surface area (Å²) in [7, 11) is 0. The first kappa shape index (κ1) is 22.2. The molecular formula is C24H27N3O4S. The van der Waals surface area contributed by atoms with Gasteiger partial charge in [0.15, 0.2) is 0 Å². The summed E-state index contributed by atoms with van der Waals surface area (Å²) in [6, 6.07) is 6.73. The topological polar surface area (TPSA) is 90.3 Å². The second-order valence-electron chi connectivity index (χ2n) is 8.34. The third-order valence-electron chi connectivity index (χ3n) is 6.07. The summed E-state index contributed by atoms with van der Waals surface area (Å²) in [6.45, 7) is 5.30. The molecule has 1 aliphatic carbocycles. The number of para-hydroxylation sites is 1. The van der Waals surface area contributed by atoms with Gasteiger partial charge in [0.25, 0.3) is 11.5 Å². The van der Waals surface area contributed by atoms with Crippen molar-refractivity contribution in [2.75, 3.05) is 5.32 Å². The van der Waals surface area contributed by atoms with Gasteiger partial charge in [-0.3, -0.25) is 14.2 Å². The first-order valence-corrected chi connectivity index (χ1v) is 11.8. The zero-order chi connectivity index (χ0) is 22.8. The predicted molar refractivity (Wildman–Crippen MR) is 125 cm³/mol. The van der Waals surface area contributed by atoms with Crippen LogP contribution in [-0.2, 0) is 9.53 Å². The highest BCUT2D eigenvalue weighted by atomic mass is 32.1. The Balaban J connectivity index is 1.60. The third-order valence-corrected chi connectivity index (χ3v) is 7.27. The van der Waals surface area contributed by atoms with Crippen molar-refractivity contribution >= 4 is 39.1 Å². The monoisotopic (exact) mass is 453 g/mol. The Kier molecular flexibility index (Phi) is 6.41. The molecule has 1 aromatic carbocycles. The fraction of sp³-hybridized carbons (Fsp3) is 0.417. The molecule has 7 nitrogen and oxygen atoms in total. The molecule has 0 aliphatic heterocycles. The summed E-state index contributed by atoms with van der Waals surface area (Å²) >= 11 is 1.18. The molecule has 0 radical (unpaired) electrons. The molecular weight excluding hydrogens is 426 g/mol. The number of aromatic nitrogens is 2. The number of aryl methyl sites for hydroxylation is 2. The smallest absolute Gasteiger partial charge is 0.329 e. The lowest BCUT2D eigenvalue weighted by molar-refractivity contribution is -0.154. The molecule has 2 heterocycles. The van der Waals surface area contributed by atoms with Gasteiger partial charge >= 0.3 is 5.97 Å². The zero-order valence-electron chi connectivity index (χ0n) is 18.5. The second-order valence-corrected chi connectivity index (χ2v) is 9.33. The quantitative estimate of drug-likeness (QED) is 0.562. The number of nitrogens with one attached hydrogen (secondary N) is 1. The number of amides is 1. The molecule has 1 atom stereocenters. The highest BCUT2D eigenvalue weighted by molar-refractivity contribution is 7.20. The molecule has 8 heteroatoms. The third kappa shape index (κ3) is 4.32. The summed E-state index contributed by atoms with van der Waals surface area (Å²) in [4.78, 5) is 44.1. The first-order valence-electron chi connectivity index (χ1n) is 10.9. The van der Waals surface area contributed by atoms with Crippen molar-refractivity contribution in [1.29, 1.82) is 0 Å². The van der Waals surface area contributed by atoms with Crippen molar-refractivity contribution in [1.82, 2.24) is 9.55 Å². The molecule has 0 spiro atoms. The van der Waals surface area contributed by atoms with Crippen LogP contribution in [0.3, 0.4) is 0 Å². The Morgan fingerprint density at radius 1 is 1.19 bits per heavy atom. The fourth-order valence-electron chi connectivity index (χ4n) is 4.08. The van der Waals surface area contributed by atoms with E-state index in [4.69, 9.17) is 4.74 Å². The van der Waals surface area contributed by atoms with Crippen LogP contribution in [0.25, 0.3) is 10.2 Å². The molecule has 4 rings (SSSR count). The van der Waals surface area contributed by atoms with Gasteiger partial charge in [0, 0.05) is 5.69 Å². The van der Waals surface area contributed by atoms with E-state index in [1.54, 1.807) is 13.8 Å². The van der Waals surface area contributed by atoms with Crippen molar-refractivity contribution in [2.24, 2.45) is 0 Å². The Morgan fingerprint density at radius 2 is 1.91 bits per heavy atom. The van der Waals surface area contributed by atoms with E-state index >= 15 is 0 Å². The highest BCUT2D eigenvalue weighted by Crippen LogP contribution is 2.29. The number of thiophene rings is 1. The van der Waals surface area contributed by atoms with Crippen LogP contribution in [0.1, 0.15) is 65.9 Å². The van der Waals surface area contributed by atoms with Crippen LogP contribution in [0.15, 0.2) is 35.4 Å². The van der Waals surface area contributed by atoms with Gasteiger partial charge in [0.2, 0.25) is 0 Å². The lowest BCUT2D eigenvalue weighted by Gasteiger charge is -2.24. The van der Waals surface area contributed by atoms with Crippen LogP contribution in [0, 0.1) is 13.8 Å². The lowest BCUT2D eigenvalue weighted by atomic mass is 9.98. The molecule has 0 bridgehead atoms. The molecule has 1 saturated carbocycles. The minimum atomic E-state index is -0.787. The van der Waals surface area contributed by atoms with Crippen molar-refractivity contribution in [3.8, 4) is 0 Å². The number of anilines is 1. The van der Waals surface area contributed by atoms with Crippen LogP contribution >= 0.6 is 11.3 Å².